The number of benzene rings is 1. The minimum absolute atomic E-state index is 0.454. The molecule has 0 saturated heterocycles. The summed E-state index contributed by atoms with van der Waals surface area (Å²) in [5.74, 6) is 1.50. The second-order valence-electron chi connectivity index (χ2n) is 4.06. The lowest BCUT2D eigenvalue weighted by atomic mass is 10.1. The Hall–Kier alpha value is -1.26. The molecule has 0 radical (unpaired) electrons. The van der Waals surface area contributed by atoms with E-state index in [2.05, 4.69) is 12.2 Å². The van der Waals surface area contributed by atoms with Crippen LogP contribution in [0.25, 0.3) is 0 Å². The molecule has 2 rings (SSSR count). The van der Waals surface area contributed by atoms with Gasteiger partial charge in [0.25, 0.3) is 0 Å². The molecule has 1 aliphatic rings. The van der Waals surface area contributed by atoms with Gasteiger partial charge in [-0.15, -0.1) is 0 Å². The van der Waals surface area contributed by atoms with E-state index in [1.165, 1.54) is 0 Å². The molecule has 0 amide bonds. The van der Waals surface area contributed by atoms with E-state index < -0.39 is 6.10 Å². The molecule has 2 N–H and O–H groups in total. The molecule has 1 aliphatic heterocycles. The molecule has 94 valence electrons. The number of aliphatic hydroxyl groups excluding tert-OH is 1. The first-order valence-electron chi connectivity index (χ1n) is 6.09. The van der Waals surface area contributed by atoms with Gasteiger partial charge in [-0.3, -0.25) is 0 Å². The third-order valence-corrected chi connectivity index (χ3v) is 2.80. The quantitative estimate of drug-likeness (QED) is 0.762. The molecule has 0 fully saturated rings. The maximum absolute atomic E-state index is 10.0. The van der Waals surface area contributed by atoms with Crippen molar-refractivity contribution in [3.63, 3.8) is 0 Å². The van der Waals surface area contributed by atoms with Crippen LogP contribution in [-0.4, -0.2) is 31.4 Å². The zero-order chi connectivity index (χ0) is 12.1. The van der Waals surface area contributed by atoms with Crippen LogP contribution in [0, 0.1) is 0 Å². The first-order chi connectivity index (χ1) is 8.31. The maximum Gasteiger partial charge on any atom is 0.161 e. The molecule has 1 aromatic carbocycles. The van der Waals surface area contributed by atoms with E-state index >= 15 is 0 Å². The summed E-state index contributed by atoms with van der Waals surface area (Å²) in [4.78, 5) is 0. The monoisotopic (exact) mass is 237 g/mol. The van der Waals surface area contributed by atoms with Gasteiger partial charge < -0.3 is 19.9 Å². The maximum atomic E-state index is 10.0. The number of ether oxygens (including phenoxy) is 2. The fraction of sp³-hybridized carbons (Fsp3) is 0.538. The number of nitrogens with one attached hydrogen (secondary N) is 1. The number of hydrogen-bond acceptors (Lipinski definition) is 4. The standard InChI is InChI=1S/C13H19NO3/c1-2-14-6-5-11(15)10-3-4-12-13(9-10)17-8-7-16-12/h3-4,9,11,14-15H,2,5-8H2,1H3. The molecule has 0 aromatic heterocycles. The number of aliphatic hydroxyl groups is 1. The smallest absolute Gasteiger partial charge is 0.161 e. The van der Waals surface area contributed by atoms with E-state index in [4.69, 9.17) is 9.47 Å². The van der Waals surface area contributed by atoms with E-state index in [1.807, 2.05) is 18.2 Å². The Bertz CT molecular complexity index is 368. The van der Waals surface area contributed by atoms with Crippen LogP contribution in [0.15, 0.2) is 18.2 Å². The summed E-state index contributed by atoms with van der Waals surface area (Å²) in [7, 11) is 0. The lowest BCUT2D eigenvalue weighted by molar-refractivity contribution is 0.159. The van der Waals surface area contributed by atoms with E-state index in [0.717, 1.165) is 30.2 Å². The third-order valence-electron chi connectivity index (χ3n) is 2.80. The van der Waals surface area contributed by atoms with Gasteiger partial charge in [0, 0.05) is 0 Å². The molecule has 4 heteroatoms. The highest BCUT2D eigenvalue weighted by Crippen LogP contribution is 2.33. The molecule has 0 bridgehead atoms. The normalized spacial score (nSPS) is 15.6. The Morgan fingerprint density at radius 1 is 1.29 bits per heavy atom. The molecule has 0 spiro atoms. The van der Waals surface area contributed by atoms with Gasteiger partial charge in [0.15, 0.2) is 11.5 Å². The van der Waals surface area contributed by atoms with Crippen LogP contribution in [0.3, 0.4) is 0 Å². The molecule has 1 aromatic rings. The SMILES string of the molecule is CCNCCC(O)c1ccc2c(c1)OCCO2. The van der Waals surface area contributed by atoms with Crippen molar-refractivity contribution in [2.45, 2.75) is 19.4 Å². The van der Waals surface area contributed by atoms with Gasteiger partial charge in [-0.05, 0) is 37.2 Å². The first-order valence-corrected chi connectivity index (χ1v) is 6.09. The van der Waals surface area contributed by atoms with Gasteiger partial charge in [0.2, 0.25) is 0 Å². The Morgan fingerprint density at radius 2 is 2.06 bits per heavy atom. The second kappa shape index (κ2) is 5.89. The van der Waals surface area contributed by atoms with E-state index in [0.29, 0.717) is 19.6 Å². The Kier molecular flexibility index (Phi) is 4.23. The van der Waals surface area contributed by atoms with Crippen molar-refractivity contribution in [3.8, 4) is 11.5 Å². The second-order valence-corrected chi connectivity index (χ2v) is 4.06. The summed E-state index contributed by atoms with van der Waals surface area (Å²) >= 11 is 0. The Balaban J connectivity index is 2.00. The number of rotatable bonds is 5. The largest absolute Gasteiger partial charge is 0.486 e. The van der Waals surface area contributed by atoms with Crippen molar-refractivity contribution in [1.29, 1.82) is 0 Å². The molecule has 1 atom stereocenters. The molecular weight excluding hydrogens is 218 g/mol. The summed E-state index contributed by atoms with van der Waals surface area (Å²) < 4.78 is 10.9. The molecule has 1 heterocycles. The van der Waals surface area contributed by atoms with Gasteiger partial charge in [-0.2, -0.15) is 0 Å². The molecule has 1 unspecified atom stereocenters. The van der Waals surface area contributed by atoms with Gasteiger partial charge in [-0.1, -0.05) is 13.0 Å². The zero-order valence-corrected chi connectivity index (χ0v) is 10.1. The summed E-state index contributed by atoms with van der Waals surface area (Å²) in [6, 6.07) is 5.62. The van der Waals surface area contributed by atoms with Crippen LogP contribution in [0.4, 0.5) is 0 Å². The van der Waals surface area contributed by atoms with Crippen molar-refractivity contribution in [3.05, 3.63) is 23.8 Å². The molecule has 4 nitrogen and oxygen atoms in total. The van der Waals surface area contributed by atoms with Crippen molar-refractivity contribution in [2.75, 3.05) is 26.3 Å². The van der Waals surface area contributed by atoms with Crippen molar-refractivity contribution < 1.29 is 14.6 Å². The van der Waals surface area contributed by atoms with Crippen LogP contribution in [0.5, 0.6) is 11.5 Å². The van der Waals surface area contributed by atoms with E-state index in [-0.39, 0.29) is 0 Å². The average Bonchev–Trinajstić information content (AvgIpc) is 2.38. The molecule has 0 aliphatic carbocycles. The topological polar surface area (TPSA) is 50.7 Å². The summed E-state index contributed by atoms with van der Waals surface area (Å²) in [5.41, 5.74) is 0.882. The first kappa shape index (κ1) is 12.2. The third kappa shape index (κ3) is 3.11. The highest BCUT2D eigenvalue weighted by Gasteiger charge is 2.14. The highest BCUT2D eigenvalue weighted by molar-refractivity contribution is 5.44. The predicted molar refractivity (Wildman–Crippen MR) is 65.6 cm³/mol. The lowest BCUT2D eigenvalue weighted by Gasteiger charge is -2.20. The molecule has 17 heavy (non-hydrogen) atoms. The van der Waals surface area contributed by atoms with E-state index in [1.54, 1.807) is 0 Å². The van der Waals surface area contributed by atoms with Crippen molar-refractivity contribution in [1.82, 2.24) is 5.32 Å². The van der Waals surface area contributed by atoms with Crippen LogP contribution in [0.1, 0.15) is 25.0 Å². The van der Waals surface area contributed by atoms with Crippen LogP contribution < -0.4 is 14.8 Å². The minimum atomic E-state index is -0.454. The van der Waals surface area contributed by atoms with E-state index in [9.17, 15) is 5.11 Å². The minimum Gasteiger partial charge on any atom is -0.486 e. The summed E-state index contributed by atoms with van der Waals surface area (Å²) in [6.45, 7) is 4.95. The van der Waals surface area contributed by atoms with Crippen LogP contribution >= 0.6 is 0 Å². The number of fused-ring (bicyclic) bond motifs is 1. The average molecular weight is 237 g/mol. The zero-order valence-electron chi connectivity index (χ0n) is 10.1. The van der Waals surface area contributed by atoms with Gasteiger partial charge in [-0.25, -0.2) is 0 Å². The fourth-order valence-electron chi connectivity index (χ4n) is 1.85. The van der Waals surface area contributed by atoms with Crippen molar-refractivity contribution in [2.24, 2.45) is 0 Å². The molecule has 0 saturated carbocycles. The summed E-state index contributed by atoms with van der Waals surface area (Å²) in [5, 5.41) is 13.2. The Labute approximate surface area is 102 Å². The summed E-state index contributed by atoms with van der Waals surface area (Å²) in [6.07, 6.45) is 0.248. The van der Waals surface area contributed by atoms with Crippen molar-refractivity contribution >= 4 is 0 Å². The van der Waals surface area contributed by atoms with Gasteiger partial charge in [0.05, 0.1) is 6.10 Å². The van der Waals surface area contributed by atoms with Gasteiger partial charge >= 0.3 is 0 Å². The van der Waals surface area contributed by atoms with Gasteiger partial charge in [0.1, 0.15) is 13.2 Å². The van der Waals surface area contributed by atoms with Crippen LogP contribution in [0.2, 0.25) is 0 Å². The Morgan fingerprint density at radius 3 is 2.82 bits per heavy atom. The molecular formula is C13H19NO3. The number of hydrogen-bond donors (Lipinski definition) is 2. The van der Waals surface area contributed by atoms with Crippen LogP contribution in [-0.2, 0) is 0 Å². The highest BCUT2D eigenvalue weighted by atomic mass is 16.6. The lowest BCUT2D eigenvalue weighted by Crippen LogP contribution is -2.17. The predicted octanol–water partition coefficient (Wildman–Crippen LogP) is 1.49. The fourth-order valence-corrected chi connectivity index (χ4v) is 1.85.